The van der Waals surface area contributed by atoms with Crippen molar-refractivity contribution in [3.63, 3.8) is 0 Å². The molecule has 1 fully saturated rings. The molecule has 96 valence electrons. The van der Waals surface area contributed by atoms with Gasteiger partial charge in [-0.3, -0.25) is 4.90 Å². The molecule has 2 N–H and O–H groups in total. The van der Waals surface area contributed by atoms with E-state index in [0.29, 0.717) is 6.54 Å². The van der Waals surface area contributed by atoms with Gasteiger partial charge < -0.3 is 9.84 Å². The maximum Gasteiger partial charge on any atom is 0.213 e. The van der Waals surface area contributed by atoms with E-state index in [9.17, 15) is 8.42 Å². The summed E-state index contributed by atoms with van der Waals surface area (Å²) in [5.74, 6) is -0.218. The lowest BCUT2D eigenvalue weighted by Gasteiger charge is -2.26. The van der Waals surface area contributed by atoms with Crippen molar-refractivity contribution in [3.05, 3.63) is 0 Å². The van der Waals surface area contributed by atoms with Crippen LogP contribution in [0.5, 0.6) is 0 Å². The van der Waals surface area contributed by atoms with Gasteiger partial charge in [0.1, 0.15) is 0 Å². The minimum Gasteiger partial charge on any atom is -0.395 e. The summed E-state index contributed by atoms with van der Waals surface area (Å²) in [5.41, 5.74) is 0. The van der Waals surface area contributed by atoms with Gasteiger partial charge in [-0.15, -0.1) is 0 Å². The molecule has 0 spiro atoms. The van der Waals surface area contributed by atoms with Crippen LogP contribution in [0.2, 0.25) is 0 Å². The fraction of sp³-hybridized carbons (Fsp3) is 1.00. The number of sulfonamides is 1. The highest BCUT2D eigenvalue weighted by atomic mass is 32.2. The lowest BCUT2D eigenvalue weighted by molar-refractivity contribution is 0.0376. The molecule has 1 heterocycles. The zero-order chi connectivity index (χ0) is 11.9. The lowest BCUT2D eigenvalue weighted by Crippen LogP contribution is -2.38. The van der Waals surface area contributed by atoms with E-state index >= 15 is 0 Å². The molecule has 0 atom stereocenters. The summed E-state index contributed by atoms with van der Waals surface area (Å²) in [4.78, 5) is 2.25. The van der Waals surface area contributed by atoms with Crippen molar-refractivity contribution in [2.75, 3.05) is 51.8 Å². The minimum absolute atomic E-state index is 0.218. The van der Waals surface area contributed by atoms with Gasteiger partial charge in [0.05, 0.1) is 25.6 Å². The second-order valence-corrected chi connectivity index (χ2v) is 5.67. The standard InChI is InChI=1S/C9H20N2O4S/c12-6-9-16(13,14)10-2-1-3-11-4-7-15-8-5-11/h10,12H,1-9H2. The van der Waals surface area contributed by atoms with Crippen LogP contribution in [-0.2, 0) is 14.8 Å². The average molecular weight is 252 g/mol. The number of hydrogen-bond acceptors (Lipinski definition) is 5. The molecule has 0 radical (unpaired) electrons. The highest BCUT2D eigenvalue weighted by Crippen LogP contribution is 1.97. The summed E-state index contributed by atoms with van der Waals surface area (Å²) in [6.45, 7) is 4.34. The highest BCUT2D eigenvalue weighted by molar-refractivity contribution is 7.89. The largest absolute Gasteiger partial charge is 0.395 e. The molecule has 0 bridgehead atoms. The molecule has 0 aliphatic carbocycles. The zero-order valence-electron chi connectivity index (χ0n) is 9.39. The Morgan fingerprint density at radius 2 is 2.00 bits per heavy atom. The Morgan fingerprint density at radius 3 is 2.62 bits per heavy atom. The van der Waals surface area contributed by atoms with Crippen molar-refractivity contribution in [1.82, 2.24) is 9.62 Å². The predicted molar refractivity (Wildman–Crippen MR) is 60.8 cm³/mol. The van der Waals surface area contributed by atoms with Crippen LogP contribution in [0.3, 0.4) is 0 Å². The van der Waals surface area contributed by atoms with Gasteiger partial charge >= 0.3 is 0 Å². The lowest BCUT2D eigenvalue weighted by atomic mass is 10.3. The van der Waals surface area contributed by atoms with Gasteiger partial charge in [-0.25, -0.2) is 13.1 Å². The van der Waals surface area contributed by atoms with Gasteiger partial charge in [0, 0.05) is 19.6 Å². The first-order valence-corrected chi connectivity index (χ1v) is 7.17. The molecule has 16 heavy (non-hydrogen) atoms. The van der Waals surface area contributed by atoms with E-state index in [1.54, 1.807) is 0 Å². The molecule has 0 saturated carbocycles. The molecule has 0 aromatic rings. The van der Waals surface area contributed by atoms with Gasteiger partial charge in [-0.2, -0.15) is 0 Å². The fourth-order valence-corrected chi connectivity index (χ4v) is 2.39. The summed E-state index contributed by atoms with van der Waals surface area (Å²) >= 11 is 0. The summed E-state index contributed by atoms with van der Waals surface area (Å²) < 4.78 is 30.0. The van der Waals surface area contributed by atoms with E-state index in [-0.39, 0.29) is 12.4 Å². The van der Waals surface area contributed by atoms with Gasteiger partial charge in [0.25, 0.3) is 0 Å². The number of rotatable bonds is 7. The normalized spacial score (nSPS) is 18.8. The first-order chi connectivity index (χ1) is 7.64. The molecule has 1 aliphatic heterocycles. The van der Waals surface area contributed by atoms with E-state index in [2.05, 4.69) is 9.62 Å². The molecule has 0 aromatic heterocycles. The van der Waals surface area contributed by atoms with Crippen molar-refractivity contribution < 1.29 is 18.3 Å². The molecule has 1 rings (SSSR count). The SMILES string of the molecule is O=S(=O)(CCO)NCCCN1CCOCC1. The summed E-state index contributed by atoms with van der Waals surface area (Å²) in [5, 5.41) is 8.52. The molecular formula is C9H20N2O4S. The molecule has 6 nitrogen and oxygen atoms in total. The number of nitrogens with one attached hydrogen (secondary N) is 1. The molecule has 0 amide bonds. The second kappa shape index (κ2) is 7.18. The quantitative estimate of drug-likeness (QED) is 0.546. The Kier molecular flexibility index (Phi) is 6.22. The van der Waals surface area contributed by atoms with Gasteiger partial charge in [0.15, 0.2) is 0 Å². The third-order valence-electron chi connectivity index (χ3n) is 2.44. The van der Waals surface area contributed by atoms with Crippen molar-refractivity contribution >= 4 is 10.0 Å². The van der Waals surface area contributed by atoms with Crippen molar-refractivity contribution in [3.8, 4) is 0 Å². The van der Waals surface area contributed by atoms with Crippen LogP contribution in [0, 0.1) is 0 Å². The van der Waals surface area contributed by atoms with Crippen molar-refractivity contribution in [2.24, 2.45) is 0 Å². The Morgan fingerprint density at radius 1 is 1.31 bits per heavy atom. The maximum absolute atomic E-state index is 11.2. The monoisotopic (exact) mass is 252 g/mol. The maximum atomic E-state index is 11.2. The Bertz CT molecular complexity index is 275. The number of morpholine rings is 1. The van der Waals surface area contributed by atoms with Crippen molar-refractivity contribution in [2.45, 2.75) is 6.42 Å². The highest BCUT2D eigenvalue weighted by Gasteiger charge is 2.11. The second-order valence-electron chi connectivity index (χ2n) is 3.74. The van der Waals surface area contributed by atoms with Crippen LogP contribution < -0.4 is 4.72 Å². The van der Waals surface area contributed by atoms with Crippen LogP contribution in [0.1, 0.15) is 6.42 Å². The third-order valence-corrected chi connectivity index (χ3v) is 3.80. The average Bonchev–Trinajstić information content (AvgIpc) is 2.26. The number of hydrogen-bond donors (Lipinski definition) is 2. The van der Waals surface area contributed by atoms with Gasteiger partial charge in [0.2, 0.25) is 10.0 Å². The number of aliphatic hydroxyl groups is 1. The van der Waals surface area contributed by atoms with E-state index in [0.717, 1.165) is 39.3 Å². The molecule has 1 aliphatic rings. The van der Waals surface area contributed by atoms with E-state index in [1.165, 1.54) is 0 Å². The summed E-state index contributed by atoms with van der Waals surface area (Å²) in [6.07, 6.45) is 0.782. The fourth-order valence-electron chi connectivity index (χ4n) is 1.55. The van der Waals surface area contributed by atoms with Crippen LogP contribution in [0.4, 0.5) is 0 Å². The summed E-state index contributed by atoms with van der Waals surface area (Å²) in [7, 11) is -3.28. The Labute approximate surface area is 96.6 Å². The topological polar surface area (TPSA) is 78.9 Å². The number of aliphatic hydroxyl groups excluding tert-OH is 1. The van der Waals surface area contributed by atoms with Crippen LogP contribution in [0.25, 0.3) is 0 Å². The molecular weight excluding hydrogens is 232 g/mol. The van der Waals surface area contributed by atoms with Crippen LogP contribution >= 0.6 is 0 Å². The number of nitrogens with zero attached hydrogens (tertiary/aromatic N) is 1. The first-order valence-electron chi connectivity index (χ1n) is 5.52. The zero-order valence-corrected chi connectivity index (χ0v) is 10.2. The predicted octanol–water partition coefficient (Wildman–Crippen LogP) is -1.38. The van der Waals surface area contributed by atoms with Gasteiger partial charge in [-0.1, -0.05) is 0 Å². The minimum atomic E-state index is -3.28. The third kappa shape index (κ3) is 5.76. The van der Waals surface area contributed by atoms with E-state index < -0.39 is 10.0 Å². The van der Waals surface area contributed by atoms with Crippen molar-refractivity contribution in [1.29, 1.82) is 0 Å². The summed E-state index contributed by atoms with van der Waals surface area (Å²) in [6, 6.07) is 0. The molecule has 1 saturated heterocycles. The van der Waals surface area contributed by atoms with Crippen LogP contribution in [-0.4, -0.2) is 70.2 Å². The first kappa shape index (κ1) is 13.9. The molecule has 7 heteroatoms. The smallest absolute Gasteiger partial charge is 0.213 e. The van der Waals surface area contributed by atoms with E-state index in [1.807, 2.05) is 0 Å². The Balaban J connectivity index is 2.06. The van der Waals surface area contributed by atoms with E-state index in [4.69, 9.17) is 9.84 Å². The Hall–Kier alpha value is -0.210. The number of ether oxygens (including phenoxy) is 1. The van der Waals surface area contributed by atoms with Gasteiger partial charge in [-0.05, 0) is 13.0 Å². The molecule has 0 aromatic carbocycles. The van der Waals surface area contributed by atoms with Crippen LogP contribution in [0.15, 0.2) is 0 Å². The molecule has 0 unspecified atom stereocenters.